The van der Waals surface area contributed by atoms with Gasteiger partial charge in [-0.1, -0.05) is 60.7 Å². The van der Waals surface area contributed by atoms with E-state index in [1.807, 2.05) is 60.7 Å². The minimum atomic E-state index is -0.919. The Labute approximate surface area is 376 Å². The highest BCUT2D eigenvalue weighted by molar-refractivity contribution is 5.94. The van der Waals surface area contributed by atoms with Gasteiger partial charge in [-0.2, -0.15) is 0 Å². The summed E-state index contributed by atoms with van der Waals surface area (Å²) in [5.74, 6) is -2.83. The van der Waals surface area contributed by atoms with Crippen molar-refractivity contribution < 1.29 is 55.9 Å². The topological polar surface area (TPSA) is 297 Å². The summed E-state index contributed by atoms with van der Waals surface area (Å²) in [6.07, 6.45) is 4.17. The maximum Gasteiger partial charge on any atom is 0.407 e. The van der Waals surface area contributed by atoms with Gasteiger partial charge in [-0.25, -0.2) is 29.5 Å². The van der Waals surface area contributed by atoms with Crippen LogP contribution in [0.1, 0.15) is 140 Å². The van der Waals surface area contributed by atoms with Crippen LogP contribution in [0, 0.1) is 0 Å². The lowest BCUT2D eigenvalue weighted by atomic mass is 10.1. The number of carbonyl (C=O) groups excluding carboxylic acids is 6. The van der Waals surface area contributed by atoms with Gasteiger partial charge in [0.05, 0.1) is 0 Å². The van der Waals surface area contributed by atoms with Crippen LogP contribution in [-0.4, -0.2) is 68.8 Å². The second kappa shape index (κ2) is 21.9. The molecule has 8 bridgehead atoms. The van der Waals surface area contributed by atoms with E-state index in [9.17, 15) is 28.8 Å². The van der Waals surface area contributed by atoms with E-state index in [4.69, 9.17) is 27.1 Å². The maximum absolute atomic E-state index is 13.6. The predicted octanol–water partition coefficient (Wildman–Crippen LogP) is 5.29. The Morgan fingerprint density at radius 2 is 0.848 bits per heavy atom. The van der Waals surface area contributed by atoms with Crippen molar-refractivity contribution in [3.63, 3.8) is 0 Å². The highest BCUT2D eigenvalue weighted by Gasteiger charge is 2.29. The summed E-state index contributed by atoms with van der Waals surface area (Å²) >= 11 is 0. The van der Waals surface area contributed by atoms with E-state index < -0.39 is 60.0 Å². The molecule has 1 aliphatic heterocycles. The number of nitrogens with one attached hydrogen (secondary N) is 6. The van der Waals surface area contributed by atoms with Crippen LogP contribution in [0.4, 0.5) is 9.59 Å². The third-order valence-electron chi connectivity index (χ3n) is 9.96. The smallest absolute Gasteiger partial charge is 0.407 e. The van der Waals surface area contributed by atoms with Gasteiger partial charge in [0.25, 0.3) is 23.6 Å². The molecule has 0 saturated heterocycles. The number of amides is 6. The second-order valence-electron chi connectivity index (χ2n) is 15.0. The third-order valence-corrected chi connectivity index (χ3v) is 9.96. The number of carbonyl (C=O) groups is 6. The molecule has 344 valence electrons. The molecule has 1 aliphatic rings. The van der Waals surface area contributed by atoms with Crippen molar-refractivity contribution in [3.05, 3.63) is 143 Å². The van der Waals surface area contributed by atoms with E-state index in [0.29, 0.717) is 12.8 Å². The fourth-order valence-corrected chi connectivity index (χ4v) is 6.47. The number of aromatic nitrogens is 4. The van der Waals surface area contributed by atoms with Crippen LogP contribution in [0.3, 0.4) is 0 Å². The van der Waals surface area contributed by atoms with Crippen LogP contribution in [0.5, 0.6) is 0 Å². The molecule has 0 spiro atoms. The van der Waals surface area contributed by atoms with E-state index in [1.54, 1.807) is 13.8 Å². The standard InChI is InChI=1S/C44H46N10O12/c1-25-39-51-33(21-61-39)37(57)49-30(16-10-18-46-44(60)66-20-28-13-7-4-8-14-28)42-54-32(24-64-42)36(56)48-26(2)40-52-34(22-62-40)38(58)50-29(41-53-31(23-63-41)35(55)47-25)15-9-17-45-43(59)65-19-27-11-5-3-6-12-27/h3-8,11-14,21-26,29-30H,9-10,15-20H2,1-2H3,(H,45,59)(H,46,60)(H,47,55)(H,48,56)(H,49,57)(H,50,58)/t25-,26-,29-,30-/m0/s1. The molecular weight excluding hydrogens is 861 g/mol. The molecule has 6 aromatic rings. The number of rotatable bonds is 12. The molecular formula is C44H46N10O12. The normalized spacial score (nSPS) is 17.8. The average Bonchev–Trinajstić information content (AvgIpc) is 4.18. The molecule has 22 heteroatoms. The molecule has 66 heavy (non-hydrogen) atoms. The molecule has 0 aliphatic carbocycles. The van der Waals surface area contributed by atoms with E-state index in [2.05, 4.69) is 51.8 Å². The minimum Gasteiger partial charge on any atom is -0.446 e. The van der Waals surface area contributed by atoms with Crippen LogP contribution in [0.15, 0.2) is 103 Å². The molecule has 6 amide bonds. The van der Waals surface area contributed by atoms with Crippen LogP contribution < -0.4 is 31.9 Å². The van der Waals surface area contributed by atoms with Gasteiger partial charge < -0.3 is 59.0 Å². The quantitative estimate of drug-likeness (QED) is 0.0850. The molecule has 2 aromatic carbocycles. The lowest BCUT2D eigenvalue weighted by Crippen LogP contribution is -2.32. The van der Waals surface area contributed by atoms with Gasteiger partial charge in [-0.05, 0) is 50.7 Å². The summed E-state index contributed by atoms with van der Waals surface area (Å²) in [5.41, 5.74) is 1.08. The second-order valence-corrected chi connectivity index (χ2v) is 15.0. The first-order chi connectivity index (χ1) is 32.0. The fourth-order valence-electron chi connectivity index (χ4n) is 6.47. The SMILES string of the molecule is C[C@@H]1NC(=O)c2coc(n2)[C@H](CCCNC(=O)OCc2ccccc2)NC(=O)c2coc(n2)[C@H](C)NC(=O)c2coc(n2)[C@H](CCCNC(=O)OCc2ccccc2)NC(=O)c2coc1n2. The first-order valence-corrected chi connectivity index (χ1v) is 20.9. The molecule has 6 N–H and O–H groups in total. The van der Waals surface area contributed by atoms with E-state index in [0.717, 1.165) is 36.2 Å². The van der Waals surface area contributed by atoms with E-state index in [1.165, 1.54) is 0 Å². The Bertz CT molecular complexity index is 2430. The van der Waals surface area contributed by atoms with Gasteiger partial charge >= 0.3 is 12.2 Å². The molecule has 7 rings (SSSR count). The number of hydrogen-bond acceptors (Lipinski definition) is 16. The van der Waals surface area contributed by atoms with Gasteiger partial charge in [0.15, 0.2) is 22.8 Å². The number of fused-ring (bicyclic) bond motifs is 8. The first kappa shape index (κ1) is 45.7. The molecule has 0 unspecified atom stereocenters. The summed E-state index contributed by atoms with van der Waals surface area (Å²) in [7, 11) is 0. The Balaban J connectivity index is 1.04. The zero-order valence-electron chi connectivity index (χ0n) is 35.7. The highest BCUT2D eigenvalue weighted by Crippen LogP contribution is 2.23. The molecule has 0 radical (unpaired) electrons. The van der Waals surface area contributed by atoms with Crippen LogP contribution in [0.25, 0.3) is 0 Å². The van der Waals surface area contributed by atoms with Crippen molar-refractivity contribution in [2.75, 3.05) is 13.1 Å². The predicted molar refractivity (Wildman–Crippen MR) is 226 cm³/mol. The summed E-state index contributed by atoms with van der Waals surface area (Å²) in [6, 6.07) is 14.8. The van der Waals surface area contributed by atoms with Crippen molar-refractivity contribution in [2.24, 2.45) is 0 Å². The summed E-state index contributed by atoms with van der Waals surface area (Å²) in [6.45, 7) is 3.63. The molecule has 4 aromatic heterocycles. The van der Waals surface area contributed by atoms with E-state index >= 15 is 0 Å². The Morgan fingerprint density at radius 1 is 0.515 bits per heavy atom. The zero-order chi connectivity index (χ0) is 46.4. The lowest BCUT2D eigenvalue weighted by molar-refractivity contribution is 0.0914. The lowest BCUT2D eigenvalue weighted by Gasteiger charge is -2.15. The molecule has 22 nitrogen and oxygen atoms in total. The maximum atomic E-state index is 13.6. The molecule has 5 heterocycles. The fraction of sp³-hybridized carbons (Fsp3) is 0.318. The number of ether oxygens (including phenoxy) is 2. The summed E-state index contributed by atoms with van der Waals surface area (Å²) in [4.78, 5) is 95.8. The van der Waals surface area contributed by atoms with Gasteiger partial charge in [0.2, 0.25) is 23.6 Å². The van der Waals surface area contributed by atoms with Crippen LogP contribution >= 0.6 is 0 Å². The van der Waals surface area contributed by atoms with Crippen molar-refractivity contribution >= 4 is 35.8 Å². The van der Waals surface area contributed by atoms with Crippen LogP contribution in [-0.2, 0) is 22.7 Å². The van der Waals surface area contributed by atoms with Crippen molar-refractivity contribution in [3.8, 4) is 0 Å². The summed E-state index contributed by atoms with van der Waals surface area (Å²) in [5, 5.41) is 16.3. The van der Waals surface area contributed by atoms with Crippen molar-refractivity contribution in [2.45, 2.75) is 76.9 Å². The number of nitrogens with zero attached hydrogens (tertiary/aromatic N) is 4. The Morgan fingerprint density at radius 3 is 1.23 bits per heavy atom. The van der Waals surface area contributed by atoms with Crippen LogP contribution in [0.2, 0.25) is 0 Å². The van der Waals surface area contributed by atoms with Gasteiger partial charge in [-0.15, -0.1) is 0 Å². The van der Waals surface area contributed by atoms with Crippen molar-refractivity contribution in [1.82, 2.24) is 51.8 Å². The summed E-state index contributed by atoms with van der Waals surface area (Å²) < 4.78 is 33.0. The third kappa shape index (κ3) is 12.4. The van der Waals surface area contributed by atoms with E-state index in [-0.39, 0.29) is 85.5 Å². The molecule has 0 fully saturated rings. The zero-order valence-corrected chi connectivity index (χ0v) is 35.7. The first-order valence-electron chi connectivity index (χ1n) is 20.9. The van der Waals surface area contributed by atoms with Gasteiger partial charge in [-0.3, -0.25) is 19.2 Å². The molecule has 0 saturated carbocycles. The van der Waals surface area contributed by atoms with Crippen molar-refractivity contribution in [1.29, 1.82) is 0 Å². The monoisotopic (exact) mass is 906 g/mol. The Hall–Kier alpha value is -8.30. The number of alkyl carbamates (subject to hydrolysis) is 2. The number of hydrogen-bond donors (Lipinski definition) is 6. The van der Waals surface area contributed by atoms with Gasteiger partial charge in [0.1, 0.15) is 62.4 Å². The minimum absolute atomic E-state index is 0.0162. The molecule has 4 atom stereocenters. The number of benzene rings is 2. The Kier molecular flexibility index (Phi) is 15.1. The van der Waals surface area contributed by atoms with Gasteiger partial charge in [0, 0.05) is 13.1 Å². The highest BCUT2D eigenvalue weighted by atomic mass is 16.6. The number of oxazole rings is 4. The average molecular weight is 907 g/mol. The largest absolute Gasteiger partial charge is 0.446 e.